The maximum Gasteiger partial charge on any atom is 0.255 e. The molecule has 3 atom stereocenters. The van der Waals surface area contributed by atoms with Gasteiger partial charge in [-0.05, 0) is 56.4 Å². The molecule has 2 aromatic carbocycles. The third kappa shape index (κ3) is 7.56. The normalized spacial score (nSPS) is 21.6. The molecule has 0 radical (unpaired) electrons. The minimum absolute atomic E-state index is 0.163. The molecule has 0 aromatic heterocycles. The molecular weight excluding hydrogens is 524 g/mol. The van der Waals surface area contributed by atoms with Crippen molar-refractivity contribution in [1.29, 1.82) is 0 Å². The SMILES string of the molecule is Cc1ccc(OCCNC(=O)[C@@H]2CC(=O)N[C@H](C(C)C)C(=O)N3CCC[C@H]3COc3ccccc3C(=O)N2)c(C)c1. The number of rotatable bonds is 6. The van der Waals surface area contributed by atoms with Crippen LogP contribution in [-0.2, 0) is 14.4 Å². The number of amides is 4. The van der Waals surface area contributed by atoms with Gasteiger partial charge in [-0.25, -0.2) is 0 Å². The Morgan fingerprint density at radius 1 is 1.12 bits per heavy atom. The summed E-state index contributed by atoms with van der Waals surface area (Å²) >= 11 is 0. The number of nitrogens with one attached hydrogen (secondary N) is 3. The van der Waals surface area contributed by atoms with Gasteiger partial charge in [0.05, 0.1) is 24.6 Å². The van der Waals surface area contributed by atoms with E-state index in [1.807, 2.05) is 45.9 Å². The topological polar surface area (TPSA) is 126 Å². The highest BCUT2D eigenvalue weighted by Crippen LogP contribution is 2.24. The minimum Gasteiger partial charge on any atom is -0.491 e. The fraction of sp³-hybridized carbons (Fsp3) is 0.484. The van der Waals surface area contributed by atoms with Crippen molar-refractivity contribution in [2.45, 2.75) is 65.1 Å². The Kier molecular flexibility index (Phi) is 9.86. The predicted molar refractivity (Wildman–Crippen MR) is 154 cm³/mol. The van der Waals surface area contributed by atoms with Gasteiger partial charge in [0, 0.05) is 6.54 Å². The van der Waals surface area contributed by atoms with Crippen molar-refractivity contribution < 1.29 is 28.7 Å². The number of carbonyl (C=O) groups excluding carboxylic acids is 4. The number of fused-ring (bicyclic) bond motifs is 2. The van der Waals surface area contributed by atoms with Gasteiger partial charge in [0.15, 0.2) is 0 Å². The molecule has 2 aromatic rings. The number of carbonyl (C=O) groups is 4. The first kappa shape index (κ1) is 29.9. The molecule has 1 fully saturated rings. The van der Waals surface area contributed by atoms with Gasteiger partial charge >= 0.3 is 0 Å². The molecule has 4 rings (SSSR count). The number of hydrogen-bond donors (Lipinski definition) is 3. The Hall–Kier alpha value is -4.08. The summed E-state index contributed by atoms with van der Waals surface area (Å²) in [7, 11) is 0. The number of benzene rings is 2. The monoisotopic (exact) mass is 564 g/mol. The molecule has 220 valence electrons. The molecule has 1 saturated heterocycles. The van der Waals surface area contributed by atoms with Crippen LogP contribution in [0.2, 0.25) is 0 Å². The molecule has 0 unspecified atom stereocenters. The zero-order valence-corrected chi connectivity index (χ0v) is 24.2. The molecule has 4 amide bonds. The predicted octanol–water partition coefficient (Wildman–Crippen LogP) is 2.51. The van der Waals surface area contributed by atoms with Crippen LogP contribution in [0, 0.1) is 19.8 Å². The summed E-state index contributed by atoms with van der Waals surface area (Å²) < 4.78 is 11.9. The first-order chi connectivity index (χ1) is 19.6. The van der Waals surface area contributed by atoms with Crippen molar-refractivity contribution in [3.05, 3.63) is 59.2 Å². The Labute approximate surface area is 241 Å². The summed E-state index contributed by atoms with van der Waals surface area (Å²) in [4.78, 5) is 55.0. The number of ether oxygens (including phenoxy) is 2. The van der Waals surface area contributed by atoms with Crippen molar-refractivity contribution >= 4 is 23.6 Å². The second-order valence-corrected chi connectivity index (χ2v) is 11.1. The fourth-order valence-electron chi connectivity index (χ4n) is 5.24. The molecule has 2 heterocycles. The van der Waals surface area contributed by atoms with Gasteiger partial charge in [-0.2, -0.15) is 0 Å². The molecule has 41 heavy (non-hydrogen) atoms. The average molecular weight is 565 g/mol. The van der Waals surface area contributed by atoms with E-state index in [9.17, 15) is 19.2 Å². The lowest BCUT2D eigenvalue weighted by atomic mass is 10.0. The minimum atomic E-state index is -1.18. The lowest BCUT2D eigenvalue weighted by molar-refractivity contribution is -0.139. The van der Waals surface area contributed by atoms with E-state index >= 15 is 0 Å². The Morgan fingerprint density at radius 3 is 2.66 bits per heavy atom. The highest BCUT2D eigenvalue weighted by Gasteiger charge is 2.37. The van der Waals surface area contributed by atoms with E-state index in [1.165, 1.54) is 0 Å². The number of nitrogens with zero attached hydrogens (tertiary/aromatic N) is 1. The summed E-state index contributed by atoms with van der Waals surface area (Å²) in [6.07, 6.45) is 1.27. The van der Waals surface area contributed by atoms with Crippen molar-refractivity contribution in [2.75, 3.05) is 26.3 Å². The third-order valence-electron chi connectivity index (χ3n) is 7.47. The van der Waals surface area contributed by atoms with Crippen LogP contribution >= 0.6 is 0 Å². The van der Waals surface area contributed by atoms with E-state index in [4.69, 9.17) is 9.47 Å². The van der Waals surface area contributed by atoms with Gasteiger partial charge in [-0.15, -0.1) is 0 Å². The van der Waals surface area contributed by atoms with E-state index in [0.717, 1.165) is 29.7 Å². The van der Waals surface area contributed by atoms with Crippen LogP contribution in [0.5, 0.6) is 11.5 Å². The molecule has 10 heteroatoms. The van der Waals surface area contributed by atoms with Gasteiger partial charge in [-0.1, -0.05) is 43.7 Å². The van der Waals surface area contributed by atoms with Crippen LogP contribution in [0.15, 0.2) is 42.5 Å². The first-order valence-corrected chi connectivity index (χ1v) is 14.2. The van der Waals surface area contributed by atoms with Crippen molar-refractivity contribution in [1.82, 2.24) is 20.9 Å². The van der Waals surface area contributed by atoms with Gasteiger partial charge in [0.25, 0.3) is 5.91 Å². The standard InChI is InChI=1S/C31H40N4O6/c1-19(2)28-31(39)35-14-7-8-22(35)18-41-26-10-6-5-9-23(26)29(37)33-24(17-27(36)34-28)30(38)32-13-15-40-25-12-11-20(3)16-21(25)4/h5-6,9-12,16,19,22,24,28H,7-8,13-15,17-18H2,1-4H3,(H,32,38)(H,33,37)(H,34,36)/t22-,24-,28+/m0/s1. The van der Waals surface area contributed by atoms with Crippen molar-refractivity contribution in [2.24, 2.45) is 5.92 Å². The Balaban J connectivity index is 1.51. The molecular formula is C31H40N4O6. The molecule has 10 nitrogen and oxygen atoms in total. The van der Waals surface area contributed by atoms with E-state index in [2.05, 4.69) is 16.0 Å². The molecule has 0 bridgehead atoms. The number of para-hydroxylation sites is 1. The summed E-state index contributed by atoms with van der Waals surface area (Å²) in [5.74, 6) is -0.831. The lowest BCUT2D eigenvalue weighted by Gasteiger charge is -2.32. The highest BCUT2D eigenvalue weighted by molar-refractivity contribution is 6.01. The zero-order valence-electron chi connectivity index (χ0n) is 24.2. The number of aryl methyl sites for hydroxylation is 2. The van der Waals surface area contributed by atoms with Crippen molar-refractivity contribution in [3.63, 3.8) is 0 Å². The zero-order chi connectivity index (χ0) is 29.5. The quantitative estimate of drug-likeness (QED) is 0.463. The highest BCUT2D eigenvalue weighted by atomic mass is 16.5. The smallest absolute Gasteiger partial charge is 0.255 e. The Bertz CT molecular complexity index is 1280. The summed E-state index contributed by atoms with van der Waals surface area (Å²) in [6.45, 7) is 8.86. The van der Waals surface area contributed by atoms with Crippen LogP contribution in [-0.4, -0.2) is 73.0 Å². The largest absolute Gasteiger partial charge is 0.491 e. The molecule has 0 spiro atoms. The number of hydrogen-bond acceptors (Lipinski definition) is 6. The lowest BCUT2D eigenvalue weighted by Crippen LogP contribution is -2.55. The summed E-state index contributed by atoms with van der Waals surface area (Å²) in [6, 6.07) is 10.5. The average Bonchev–Trinajstić information content (AvgIpc) is 3.41. The van der Waals surface area contributed by atoms with Crippen LogP contribution in [0.3, 0.4) is 0 Å². The van der Waals surface area contributed by atoms with E-state index < -0.39 is 29.8 Å². The second-order valence-electron chi connectivity index (χ2n) is 11.1. The maximum absolute atomic E-state index is 13.5. The summed E-state index contributed by atoms with van der Waals surface area (Å²) in [5, 5.41) is 8.29. The second kappa shape index (κ2) is 13.5. The van der Waals surface area contributed by atoms with Crippen LogP contribution < -0.4 is 25.4 Å². The molecule has 2 aliphatic heterocycles. The summed E-state index contributed by atoms with van der Waals surface area (Å²) in [5.41, 5.74) is 2.36. The molecule has 2 aliphatic rings. The van der Waals surface area contributed by atoms with E-state index in [1.54, 1.807) is 29.2 Å². The van der Waals surface area contributed by atoms with Gasteiger partial charge in [0.2, 0.25) is 17.7 Å². The van der Waals surface area contributed by atoms with Crippen molar-refractivity contribution in [3.8, 4) is 11.5 Å². The van der Waals surface area contributed by atoms with Crippen LogP contribution in [0.25, 0.3) is 0 Å². The van der Waals surface area contributed by atoms with E-state index in [-0.39, 0.29) is 49.6 Å². The molecule has 0 saturated carbocycles. The van der Waals surface area contributed by atoms with Gasteiger partial charge < -0.3 is 30.3 Å². The van der Waals surface area contributed by atoms with Crippen LogP contribution in [0.4, 0.5) is 0 Å². The first-order valence-electron chi connectivity index (χ1n) is 14.2. The maximum atomic E-state index is 13.5. The fourth-order valence-corrected chi connectivity index (χ4v) is 5.24. The molecule has 3 N–H and O–H groups in total. The third-order valence-corrected chi connectivity index (χ3v) is 7.47. The van der Waals surface area contributed by atoms with Gasteiger partial charge in [-0.3, -0.25) is 19.2 Å². The van der Waals surface area contributed by atoms with E-state index in [0.29, 0.717) is 12.3 Å². The van der Waals surface area contributed by atoms with Gasteiger partial charge in [0.1, 0.15) is 36.8 Å². The van der Waals surface area contributed by atoms with Crippen LogP contribution in [0.1, 0.15) is 54.6 Å². The Morgan fingerprint density at radius 2 is 1.90 bits per heavy atom. The molecule has 0 aliphatic carbocycles.